The van der Waals surface area contributed by atoms with Crippen LogP contribution < -0.4 is 0 Å². The molecule has 0 unspecified atom stereocenters. The second-order valence-electron chi connectivity index (χ2n) is 5.11. The fourth-order valence-corrected chi connectivity index (χ4v) is 2.88. The van der Waals surface area contributed by atoms with Crippen LogP contribution in [0.2, 0.25) is 0 Å². The van der Waals surface area contributed by atoms with Gasteiger partial charge in [0.2, 0.25) is 5.89 Å². The maximum atomic E-state index is 12.9. The number of halogens is 1. The van der Waals surface area contributed by atoms with Crippen LogP contribution >= 0.6 is 11.8 Å². The van der Waals surface area contributed by atoms with E-state index in [2.05, 4.69) is 23.2 Å². The lowest BCUT2D eigenvalue weighted by molar-refractivity contribution is 0.465. The topological polar surface area (TPSA) is 38.9 Å². The van der Waals surface area contributed by atoms with Crippen LogP contribution in [0.15, 0.2) is 52.1 Å². The fraction of sp³-hybridized carbons (Fsp3) is 0.176. The summed E-state index contributed by atoms with van der Waals surface area (Å²) in [6.07, 6.45) is 0. The summed E-state index contributed by atoms with van der Waals surface area (Å²) in [5.74, 6) is 0.956. The summed E-state index contributed by atoms with van der Waals surface area (Å²) in [4.78, 5) is 0. The lowest BCUT2D eigenvalue weighted by atomic mass is 10.1. The molecule has 0 aliphatic carbocycles. The molecular weight excluding hydrogens is 299 g/mol. The first-order chi connectivity index (χ1) is 10.6. The van der Waals surface area contributed by atoms with Crippen LogP contribution in [0, 0.1) is 19.7 Å². The third kappa shape index (κ3) is 3.36. The summed E-state index contributed by atoms with van der Waals surface area (Å²) in [5.41, 5.74) is 4.27. The maximum Gasteiger partial charge on any atom is 0.277 e. The number of benzene rings is 2. The van der Waals surface area contributed by atoms with E-state index in [1.165, 1.54) is 29.5 Å². The first kappa shape index (κ1) is 14.8. The monoisotopic (exact) mass is 314 g/mol. The van der Waals surface area contributed by atoms with E-state index in [9.17, 15) is 4.39 Å². The van der Waals surface area contributed by atoms with E-state index in [1.54, 1.807) is 12.1 Å². The Morgan fingerprint density at radius 3 is 2.55 bits per heavy atom. The molecule has 3 rings (SSSR count). The minimum absolute atomic E-state index is 0.233. The molecule has 0 N–H and O–H groups in total. The molecule has 5 heteroatoms. The zero-order valence-electron chi connectivity index (χ0n) is 12.3. The molecule has 0 bridgehead atoms. The van der Waals surface area contributed by atoms with Crippen LogP contribution in [0.3, 0.4) is 0 Å². The van der Waals surface area contributed by atoms with Gasteiger partial charge in [-0.3, -0.25) is 0 Å². The average Bonchev–Trinajstić information content (AvgIpc) is 2.95. The molecule has 112 valence electrons. The SMILES string of the molecule is Cc1ccc(-c2nnc(SCc3ccc(F)cc3)o2)c(C)c1. The number of thioether (sulfide) groups is 1. The molecular formula is C17H15FN2OS. The minimum Gasteiger partial charge on any atom is -0.411 e. The molecule has 0 amide bonds. The highest BCUT2D eigenvalue weighted by Gasteiger charge is 2.11. The Hall–Kier alpha value is -2.14. The normalized spacial score (nSPS) is 10.9. The van der Waals surface area contributed by atoms with E-state index in [0.29, 0.717) is 16.9 Å². The average molecular weight is 314 g/mol. The Bertz CT molecular complexity index is 784. The first-order valence-corrected chi connectivity index (χ1v) is 7.89. The first-order valence-electron chi connectivity index (χ1n) is 6.90. The molecule has 0 saturated heterocycles. The molecule has 0 saturated carbocycles. The van der Waals surface area contributed by atoms with Gasteiger partial charge in [-0.2, -0.15) is 0 Å². The number of rotatable bonds is 4. The predicted octanol–water partition coefficient (Wildman–Crippen LogP) is 4.78. The lowest BCUT2D eigenvalue weighted by Crippen LogP contribution is -1.84. The van der Waals surface area contributed by atoms with Crippen molar-refractivity contribution < 1.29 is 8.81 Å². The Morgan fingerprint density at radius 1 is 1.05 bits per heavy atom. The van der Waals surface area contributed by atoms with Gasteiger partial charge in [-0.25, -0.2) is 4.39 Å². The van der Waals surface area contributed by atoms with Crippen molar-refractivity contribution in [2.45, 2.75) is 24.8 Å². The highest BCUT2D eigenvalue weighted by molar-refractivity contribution is 7.98. The van der Waals surface area contributed by atoms with Crippen molar-refractivity contribution in [1.82, 2.24) is 10.2 Å². The fourth-order valence-electron chi connectivity index (χ4n) is 2.16. The molecule has 2 aromatic carbocycles. The quantitative estimate of drug-likeness (QED) is 0.649. The van der Waals surface area contributed by atoms with E-state index in [0.717, 1.165) is 16.7 Å². The minimum atomic E-state index is -0.233. The van der Waals surface area contributed by atoms with Gasteiger partial charge in [0.05, 0.1) is 0 Å². The summed E-state index contributed by atoms with van der Waals surface area (Å²) in [7, 11) is 0. The van der Waals surface area contributed by atoms with Crippen molar-refractivity contribution in [1.29, 1.82) is 0 Å². The van der Waals surface area contributed by atoms with E-state index in [1.807, 2.05) is 19.1 Å². The third-order valence-corrected chi connectivity index (χ3v) is 4.18. The van der Waals surface area contributed by atoms with Gasteiger partial charge in [0.1, 0.15) is 5.82 Å². The second-order valence-corrected chi connectivity index (χ2v) is 6.03. The highest BCUT2D eigenvalue weighted by atomic mass is 32.2. The molecule has 0 aliphatic rings. The van der Waals surface area contributed by atoms with E-state index in [4.69, 9.17) is 4.42 Å². The molecule has 1 heterocycles. The Morgan fingerprint density at radius 2 is 1.82 bits per heavy atom. The van der Waals surface area contributed by atoms with E-state index < -0.39 is 0 Å². The van der Waals surface area contributed by atoms with Crippen LogP contribution in [0.5, 0.6) is 0 Å². The van der Waals surface area contributed by atoms with Crippen LogP contribution in [0.25, 0.3) is 11.5 Å². The molecule has 1 aromatic heterocycles. The molecule has 3 nitrogen and oxygen atoms in total. The molecule has 0 aliphatic heterocycles. The number of hydrogen-bond acceptors (Lipinski definition) is 4. The van der Waals surface area contributed by atoms with Gasteiger partial charge in [0, 0.05) is 11.3 Å². The summed E-state index contributed by atoms with van der Waals surface area (Å²) in [6, 6.07) is 12.5. The second kappa shape index (κ2) is 6.32. The zero-order chi connectivity index (χ0) is 15.5. The molecule has 22 heavy (non-hydrogen) atoms. The summed E-state index contributed by atoms with van der Waals surface area (Å²) < 4.78 is 18.6. The molecule has 0 radical (unpaired) electrons. The lowest BCUT2D eigenvalue weighted by Gasteiger charge is -2.01. The van der Waals surface area contributed by atoms with Crippen molar-refractivity contribution >= 4 is 11.8 Å². The molecule has 0 fully saturated rings. The van der Waals surface area contributed by atoms with Crippen LogP contribution in [0.1, 0.15) is 16.7 Å². The largest absolute Gasteiger partial charge is 0.411 e. The van der Waals surface area contributed by atoms with Gasteiger partial charge in [-0.1, -0.05) is 41.6 Å². The molecule has 0 atom stereocenters. The summed E-state index contributed by atoms with van der Waals surface area (Å²) in [5, 5.41) is 8.68. The maximum absolute atomic E-state index is 12.9. The summed E-state index contributed by atoms with van der Waals surface area (Å²) in [6.45, 7) is 4.08. The van der Waals surface area contributed by atoms with Crippen LogP contribution in [-0.2, 0) is 5.75 Å². The van der Waals surface area contributed by atoms with Crippen molar-refractivity contribution in [2.75, 3.05) is 0 Å². The van der Waals surface area contributed by atoms with Gasteiger partial charge in [-0.15, -0.1) is 10.2 Å². The highest BCUT2D eigenvalue weighted by Crippen LogP contribution is 2.27. The Labute approximate surface area is 132 Å². The smallest absolute Gasteiger partial charge is 0.277 e. The van der Waals surface area contributed by atoms with E-state index >= 15 is 0 Å². The third-order valence-electron chi connectivity index (χ3n) is 3.29. The van der Waals surface area contributed by atoms with Crippen molar-refractivity contribution in [2.24, 2.45) is 0 Å². The predicted molar refractivity (Wildman–Crippen MR) is 85.2 cm³/mol. The van der Waals surface area contributed by atoms with Crippen molar-refractivity contribution in [3.05, 3.63) is 65.0 Å². The van der Waals surface area contributed by atoms with Crippen molar-refractivity contribution in [3.63, 3.8) is 0 Å². The number of hydrogen-bond donors (Lipinski definition) is 0. The Balaban J connectivity index is 1.72. The zero-order valence-corrected chi connectivity index (χ0v) is 13.2. The van der Waals surface area contributed by atoms with Crippen LogP contribution in [0.4, 0.5) is 4.39 Å². The number of nitrogens with zero attached hydrogens (tertiary/aromatic N) is 2. The van der Waals surface area contributed by atoms with Crippen LogP contribution in [-0.4, -0.2) is 10.2 Å². The number of aromatic nitrogens is 2. The molecule has 3 aromatic rings. The van der Waals surface area contributed by atoms with Gasteiger partial charge in [0.15, 0.2) is 0 Å². The van der Waals surface area contributed by atoms with Gasteiger partial charge in [-0.05, 0) is 43.2 Å². The standard InChI is InChI=1S/C17H15FN2OS/c1-11-3-8-15(12(2)9-11)16-19-20-17(21-16)22-10-13-4-6-14(18)7-5-13/h3-9H,10H2,1-2H3. The van der Waals surface area contributed by atoms with Gasteiger partial charge >= 0.3 is 0 Å². The van der Waals surface area contributed by atoms with Gasteiger partial charge < -0.3 is 4.42 Å². The Kier molecular flexibility index (Phi) is 4.24. The molecule has 0 spiro atoms. The van der Waals surface area contributed by atoms with E-state index in [-0.39, 0.29) is 5.82 Å². The number of aryl methyl sites for hydroxylation is 2. The van der Waals surface area contributed by atoms with Gasteiger partial charge in [0.25, 0.3) is 5.22 Å². The van der Waals surface area contributed by atoms with Crippen molar-refractivity contribution in [3.8, 4) is 11.5 Å². The summed E-state index contributed by atoms with van der Waals surface area (Å²) >= 11 is 1.44.